The van der Waals surface area contributed by atoms with Crippen LogP contribution in [0.1, 0.15) is 46.9 Å². The molecule has 6 heteroatoms. The van der Waals surface area contributed by atoms with Gasteiger partial charge in [-0.3, -0.25) is 9.59 Å². The van der Waals surface area contributed by atoms with Crippen molar-refractivity contribution in [3.8, 4) is 0 Å². The van der Waals surface area contributed by atoms with Crippen LogP contribution in [-0.4, -0.2) is 28.9 Å². The van der Waals surface area contributed by atoms with Gasteiger partial charge >= 0.3 is 5.97 Å². The van der Waals surface area contributed by atoms with Crippen LogP contribution in [0.15, 0.2) is 24.3 Å². The Balaban J connectivity index is 2.80. The molecule has 1 atom stereocenters. The van der Waals surface area contributed by atoms with Crippen LogP contribution >= 0.6 is 0 Å². The number of carboxylic acids is 1. The van der Waals surface area contributed by atoms with Gasteiger partial charge in [-0.1, -0.05) is 25.8 Å². The molecule has 0 spiro atoms. The molecule has 1 rings (SSSR count). The predicted molar refractivity (Wildman–Crippen MR) is 73.4 cm³/mol. The molecule has 1 unspecified atom stereocenters. The van der Waals surface area contributed by atoms with Gasteiger partial charge in [0.1, 0.15) is 6.04 Å². The molecule has 0 saturated heterocycles. The molecular formula is C14H18N2O4. The normalized spacial score (nSPS) is 11.7. The fourth-order valence-electron chi connectivity index (χ4n) is 1.72. The maximum Gasteiger partial charge on any atom is 0.326 e. The van der Waals surface area contributed by atoms with Crippen LogP contribution in [-0.2, 0) is 4.79 Å². The molecule has 1 aromatic carbocycles. The van der Waals surface area contributed by atoms with Crippen LogP contribution in [0.5, 0.6) is 0 Å². The van der Waals surface area contributed by atoms with Crippen molar-refractivity contribution < 1.29 is 19.5 Å². The first-order chi connectivity index (χ1) is 9.45. The number of carbonyl (C=O) groups is 3. The van der Waals surface area contributed by atoms with Crippen molar-refractivity contribution in [2.75, 3.05) is 0 Å². The minimum atomic E-state index is -1.07. The van der Waals surface area contributed by atoms with Gasteiger partial charge in [-0.15, -0.1) is 0 Å². The number of primary amides is 1. The zero-order chi connectivity index (χ0) is 15.1. The van der Waals surface area contributed by atoms with E-state index in [9.17, 15) is 14.4 Å². The highest BCUT2D eigenvalue weighted by Gasteiger charge is 2.20. The van der Waals surface area contributed by atoms with Crippen LogP contribution in [0.2, 0.25) is 0 Å². The third kappa shape index (κ3) is 4.38. The van der Waals surface area contributed by atoms with Gasteiger partial charge in [-0.05, 0) is 24.6 Å². The number of unbranched alkanes of at least 4 members (excludes halogenated alkanes) is 1. The molecule has 0 fully saturated rings. The Hall–Kier alpha value is -2.37. The number of carbonyl (C=O) groups excluding carboxylic acids is 2. The number of carboxylic acid groups (broad SMARTS) is 1. The van der Waals surface area contributed by atoms with Gasteiger partial charge in [0.25, 0.3) is 5.91 Å². The first-order valence-electron chi connectivity index (χ1n) is 6.39. The minimum Gasteiger partial charge on any atom is -0.480 e. The standard InChI is InChI=1S/C14H18N2O4/c1-2-3-7-11(14(19)20)16-13(18)10-6-4-5-9(8-10)12(15)17/h4-6,8,11H,2-3,7H2,1H3,(H2,15,17)(H,16,18)(H,19,20). The summed E-state index contributed by atoms with van der Waals surface area (Å²) < 4.78 is 0. The number of rotatable bonds is 7. The number of nitrogens with two attached hydrogens (primary N) is 1. The van der Waals surface area contributed by atoms with E-state index in [1.54, 1.807) is 0 Å². The molecule has 0 radical (unpaired) electrons. The van der Waals surface area contributed by atoms with E-state index in [0.717, 1.165) is 6.42 Å². The van der Waals surface area contributed by atoms with Gasteiger partial charge in [0.15, 0.2) is 0 Å². The highest BCUT2D eigenvalue weighted by atomic mass is 16.4. The van der Waals surface area contributed by atoms with Gasteiger partial charge in [-0.25, -0.2) is 4.79 Å². The summed E-state index contributed by atoms with van der Waals surface area (Å²) in [5, 5.41) is 11.5. The maximum absolute atomic E-state index is 12.0. The summed E-state index contributed by atoms with van der Waals surface area (Å²) in [7, 11) is 0. The van der Waals surface area contributed by atoms with Gasteiger partial charge in [0.05, 0.1) is 0 Å². The summed E-state index contributed by atoms with van der Waals surface area (Å²) >= 11 is 0. The number of nitrogens with one attached hydrogen (secondary N) is 1. The van der Waals surface area contributed by atoms with Crippen LogP contribution in [0.25, 0.3) is 0 Å². The molecule has 6 nitrogen and oxygen atoms in total. The van der Waals surface area contributed by atoms with Crippen molar-refractivity contribution in [2.45, 2.75) is 32.2 Å². The second-order valence-electron chi connectivity index (χ2n) is 4.45. The second-order valence-corrected chi connectivity index (χ2v) is 4.45. The summed E-state index contributed by atoms with van der Waals surface area (Å²) in [5.41, 5.74) is 5.55. The van der Waals surface area contributed by atoms with E-state index in [0.29, 0.717) is 12.8 Å². The third-order valence-electron chi connectivity index (χ3n) is 2.86. The summed E-state index contributed by atoms with van der Waals surface area (Å²) in [4.78, 5) is 34.1. The topological polar surface area (TPSA) is 109 Å². The van der Waals surface area contributed by atoms with Crippen molar-refractivity contribution >= 4 is 17.8 Å². The van der Waals surface area contributed by atoms with Gasteiger partial charge in [0.2, 0.25) is 5.91 Å². The van der Waals surface area contributed by atoms with E-state index in [1.807, 2.05) is 6.92 Å². The summed E-state index contributed by atoms with van der Waals surface area (Å²) in [6.45, 7) is 1.94. The van der Waals surface area contributed by atoms with Crippen molar-refractivity contribution in [2.24, 2.45) is 5.73 Å². The maximum atomic E-state index is 12.0. The highest BCUT2D eigenvalue weighted by molar-refractivity contribution is 6.00. The molecule has 20 heavy (non-hydrogen) atoms. The molecule has 0 aliphatic rings. The molecule has 0 aromatic heterocycles. The van der Waals surface area contributed by atoms with E-state index in [2.05, 4.69) is 5.32 Å². The molecule has 0 heterocycles. The lowest BCUT2D eigenvalue weighted by atomic mass is 10.1. The third-order valence-corrected chi connectivity index (χ3v) is 2.86. The quantitative estimate of drug-likeness (QED) is 0.695. The Labute approximate surface area is 117 Å². The van der Waals surface area contributed by atoms with Gasteiger partial charge in [0, 0.05) is 11.1 Å². The van der Waals surface area contributed by atoms with E-state index < -0.39 is 23.8 Å². The molecule has 108 valence electrons. The first kappa shape index (κ1) is 15.7. The lowest BCUT2D eigenvalue weighted by Gasteiger charge is -2.14. The van der Waals surface area contributed by atoms with Crippen LogP contribution in [0.3, 0.4) is 0 Å². The van der Waals surface area contributed by atoms with Crippen LogP contribution in [0, 0.1) is 0 Å². The fourth-order valence-corrected chi connectivity index (χ4v) is 1.72. The summed E-state index contributed by atoms with van der Waals surface area (Å²) in [6.07, 6.45) is 1.92. The molecule has 0 bridgehead atoms. The molecule has 4 N–H and O–H groups in total. The number of hydrogen-bond acceptors (Lipinski definition) is 3. The number of aliphatic carboxylic acids is 1. The summed E-state index contributed by atoms with van der Waals surface area (Å²) in [6, 6.07) is 4.93. The molecule has 0 aliphatic carbocycles. The van der Waals surface area contributed by atoms with E-state index in [1.165, 1.54) is 24.3 Å². The van der Waals surface area contributed by atoms with Crippen molar-refractivity contribution in [1.29, 1.82) is 0 Å². The second kappa shape index (κ2) is 7.28. The average molecular weight is 278 g/mol. The van der Waals surface area contributed by atoms with Gasteiger partial charge < -0.3 is 16.2 Å². The number of amides is 2. The molecular weight excluding hydrogens is 260 g/mol. The zero-order valence-electron chi connectivity index (χ0n) is 11.3. The number of hydrogen-bond donors (Lipinski definition) is 3. The van der Waals surface area contributed by atoms with Gasteiger partial charge in [-0.2, -0.15) is 0 Å². The molecule has 2 amide bonds. The van der Waals surface area contributed by atoms with E-state index in [4.69, 9.17) is 10.8 Å². The summed E-state index contributed by atoms with van der Waals surface area (Å²) in [5.74, 6) is -2.24. The highest BCUT2D eigenvalue weighted by Crippen LogP contribution is 2.07. The molecule has 0 aliphatic heterocycles. The SMILES string of the molecule is CCCCC(NC(=O)c1cccc(C(N)=O)c1)C(=O)O. The largest absolute Gasteiger partial charge is 0.480 e. The first-order valence-corrected chi connectivity index (χ1v) is 6.39. The van der Waals surface area contributed by atoms with Crippen LogP contribution < -0.4 is 11.1 Å². The van der Waals surface area contributed by atoms with E-state index >= 15 is 0 Å². The zero-order valence-corrected chi connectivity index (χ0v) is 11.3. The Kier molecular flexibility index (Phi) is 5.71. The van der Waals surface area contributed by atoms with E-state index in [-0.39, 0.29) is 11.1 Å². The Bertz CT molecular complexity index is 514. The minimum absolute atomic E-state index is 0.207. The van der Waals surface area contributed by atoms with Crippen molar-refractivity contribution in [1.82, 2.24) is 5.32 Å². The van der Waals surface area contributed by atoms with Crippen molar-refractivity contribution in [3.63, 3.8) is 0 Å². The molecule has 1 aromatic rings. The number of benzene rings is 1. The lowest BCUT2D eigenvalue weighted by Crippen LogP contribution is -2.40. The average Bonchev–Trinajstić information content (AvgIpc) is 2.42. The predicted octanol–water partition coefficient (Wildman–Crippen LogP) is 1.16. The monoisotopic (exact) mass is 278 g/mol. The van der Waals surface area contributed by atoms with Crippen molar-refractivity contribution in [3.05, 3.63) is 35.4 Å². The molecule has 0 saturated carbocycles. The Morgan fingerprint density at radius 2 is 1.95 bits per heavy atom. The Morgan fingerprint density at radius 1 is 1.30 bits per heavy atom. The Morgan fingerprint density at radius 3 is 2.50 bits per heavy atom. The lowest BCUT2D eigenvalue weighted by molar-refractivity contribution is -0.139. The smallest absolute Gasteiger partial charge is 0.326 e. The van der Waals surface area contributed by atoms with Crippen LogP contribution in [0.4, 0.5) is 0 Å². The fraction of sp³-hybridized carbons (Fsp3) is 0.357.